The second-order valence-corrected chi connectivity index (χ2v) is 9.33. The lowest BCUT2D eigenvalue weighted by Gasteiger charge is -2.13. The first-order valence-electron chi connectivity index (χ1n) is 11.8. The zero-order valence-electron chi connectivity index (χ0n) is 21.8. The number of methoxy groups -OCH3 is 4. The van der Waals surface area contributed by atoms with Crippen LogP contribution in [0.2, 0.25) is 0 Å². The number of nitrogens with zero attached hydrogens (tertiary/aromatic N) is 4. The average molecular weight is 569 g/mol. The number of rotatable bonds is 8. The van der Waals surface area contributed by atoms with Gasteiger partial charge in [-0.15, -0.1) is 11.3 Å². The lowest BCUT2D eigenvalue weighted by molar-refractivity contribution is -0.141. The minimum absolute atomic E-state index is 0.133. The highest BCUT2D eigenvalue weighted by atomic mass is 32.1. The fourth-order valence-electron chi connectivity index (χ4n) is 4.10. The Labute approximate surface area is 231 Å². The van der Waals surface area contributed by atoms with Crippen molar-refractivity contribution in [2.45, 2.75) is 6.18 Å². The third-order valence-electron chi connectivity index (χ3n) is 6.04. The molecule has 0 fully saturated rings. The summed E-state index contributed by atoms with van der Waals surface area (Å²) < 4.78 is 64.8. The number of ether oxygens (including phenoxy) is 4. The molecule has 0 aliphatic rings. The fraction of sp³-hybridized carbons (Fsp3) is 0.179. The first-order valence-corrected chi connectivity index (χ1v) is 12.7. The summed E-state index contributed by atoms with van der Waals surface area (Å²) in [6, 6.07) is 16.5. The summed E-state index contributed by atoms with van der Waals surface area (Å²) in [5, 5.41) is 6.43. The summed E-state index contributed by atoms with van der Waals surface area (Å²) in [5.41, 5.74) is 1.17. The van der Waals surface area contributed by atoms with Crippen LogP contribution in [0, 0.1) is 0 Å². The van der Waals surface area contributed by atoms with Crippen LogP contribution in [0.15, 0.2) is 66.0 Å². The summed E-state index contributed by atoms with van der Waals surface area (Å²) in [5.74, 6) is 1.68. The lowest BCUT2D eigenvalue weighted by Crippen LogP contribution is -2.14. The molecule has 0 spiro atoms. The number of hydrogen-bond acceptors (Lipinski definition) is 8. The van der Waals surface area contributed by atoms with Crippen molar-refractivity contribution in [3.63, 3.8) is 0 Å². The number of halogens is 3. The molecule has 0 radical (unpaired) electrons. The molecule has 0 N–H and O–H groups in total. The van der Waals surface area contributed by atoms with Gasteiger partial charge < -0.3 is 18.9 Å². The van der Waals surface area contributed by atoms with Gasteiger partial charge in [0.25, 0.3) is 5.95 Å². The van der Waals surface area contributed by atoms with Gasteiger partial charge >= 0.3 is 6.18 Å². The molecule has 12 heteroatoms. The highest BCUT2D eigenvalue weighted by Gasteiger charge is 2.34. The van der Waals surface area contributed by atoms with Gasteiger partial charge in [-0.2, -0.15) is 23.0 Å². The SMILES string of the molecule is COc1ccc(-c2cc(-c3ccc(OC)c(OC)c3)n(-c3nc(-c4cccs4)cc(C(F)(F)F)n3)n2)cc1OC. The van der Waals surface area contributed by atoms with E-state index in [9.17, 15) is 13.2 Å². The molecule has 0 saturated carbocycles. The number of benzene rings is 2. The molecule has 0 aliphatic carbocycles. The topological polar surface area (TPSA) is 80.5 Å². The van der Waals surface area contributed by atoms with Crippen LogP contribution in [0.25, 0.3) is 39.0 Å². The van der Waals surface area contributed by atoms with Crippen LogP contribution in [0.3, 0.4) is 0 Å². The Morgan fingerprint density at radius 2 is 1.32 bits per heavy atom. The van der Waals surface area contributed by atoms with Gasteiger partial charge in [0.05, 0.1) is 50.4 Å². The third kappa shape index (κ3) is 5.17. The van der Waals surface area contributed by atoms with Gasteiger partial charge in [0.1, 0.15) is 0 Å². The normalized spacial score (nSPS) is 11.4. The Balaban J connectivity index is 1.76. The molecule has 5 aromatic rings. The van der Waals surface area contributed by atoms with Crippen molar-refractivity contribution >= 4 is 11.3 Å². The van der Waals surface area contributed by atoms with Gasteiger partial charge in [-0.3, -0.25) is 0 Å². The molecule has 0 amide bonds. The van der Waals surface area contributed by atoms with E-state index >= 15 is 0 Å². The van der Waals surface area contributed by atoms with Crippen LogP contribution in [0.5, 0.6) is 23.0 Å². The van der Waals surface area contributed by atoms with E-state index in [0.29, 0.717) is 50.4 Å². The van der Waals surface area contributed by atoms with E-state index in [4.69, 9.17) is 18.9 Å². The molecular weight excluding hydrogens is 545 g/mol. The van der Waals surface area contributed by atoms with Crippen molar-refractivity contribution in [3.05, 3.63) is 71.7 Å². The highest BCUT2D eigenvalue weighted by molar-refractivity contribution is 7.13. The average Bonchev–Trinajstić information content (AvgIpc) is 3.67. The molecule has 2 aromatic carbocycles. The molecule has 0 aliphatic heterocycles. The molecule has 3 heterocycles. The highest BCUT2D eigenvalue weighted by Crippen LogP contribution is 2.38. The van der Waals surface area contributed by atoms with Crippen molar-refractivity contribution in [3.8, 4) is 62.0 Å². The van der Waals surface area contributed by atoms with E-state index < -0.39 is 11.9 Å². The number of aromatic nitrogens is 4. The van der Waals surface area contributed by atoms with Gasteiger partial charge in [0, 0.05) is 11.1 Å². The summed E-state index contributed by atoms with van der Waals surface area (Å²) in [6.07, 6.45) is -4.70. The summed E-state index contributed by atoms with van der Waals surface area (Å²) in [4.78, 5) is 8.94. The summed E-state index contributed by atoms with van der Waals surface area (Å²) in [6.45, 7) is 0. The van der Waals surface area contributed by atoms with E-state index in [1.54, 1.807) is 60.0 Å². The largest absolute Gasteiger partial charge is 0.493 e. The smallest absolute Gasteiger partial charge is 0.433 e. The number of alkyl halides is 3. The quantitative estimate of drug-likeness (QED) is 0.204. The van der Waals surface area contributed by atoms with Gasteiger partial charge in [-0.05, 0) is 60.0 Å². The van der Waals surface area contributed by atoms with E-state index in [1.165, 1.54) is 44.5 Å². The molecule has 206 valence electrons. The predicted molar refractivity (Wildman–Crippen MR) is 145 cm³/mol. The second kappa shape index (κ2) is 10.9. The number of hydrogen-bond donors (Lipinski definition) is 0. The Hall–Kier alpha value is -4.58. The van der Waals surface area contributed by atoms with Crippen molar-refractivity contribution < 1.29 is 32.1 Å². The Morgan fingerprint density at radius 1 is 0.700 bits per heavy atom. The van der Waals surface area contributed by atoms with E-state index in [2.05, 4.69) is 15.1 Å². The van der Waals surface area contributed by atoms with Crippen LogP contribution in [-0.2, 0) is 6.18 Å². The van der Waals surface area contributed by atoms with E-state index in [1.807, 2.05) is 0 Å². The Morgan fingerprint density at radius 3 is 1.90 bits per heavy atom. The first kappa shape index (κ1) is 27.0. The molecule has 40 heavy (non-hydrogen) atoms. The maximum Gasteiger partial charge on any atom is 0.433 e. The van der Waals surface area contributed by atoms with Crippen LogP contribution in [0.1, 0.15) is 5.69 Å². The van der Waals surface area contributed by atoms with Gasteiger partial charge in [0.2, 0.25) is 0 Å². The van der Waals surface area contributed by atoms with Gasteiger partial charge in [-0.1, -0.05) is 6.07 Å². The van der Waals surface area contributed by atoms with E-state index in [0.717, 1.165) is 6.07 Å². The zero-order valence-corrected chi connectivity index (χ0v) is 22.6. The molecule has 5 rings (SSSR count). The first-order chi connectivity index (χ1) is 19.2. The van der Waals surface area contributed by atoms with Crippen LogP contribution >= 0.6 is 11.3 Å². The molecule has 0 atom stereocenters. The third-order valence-corrected chi connectivity index (χ3v) is 6.93. The van der Waals surface area contributed by atoms with Gasteiger partial charge in [0.15, 0.2) is 28.7 Å². The molecule has 0 bridgehead atoms. The Kier molecular flexibility index (Phi) is 7.35. The second-order valence-electron chi connectivity index (χ2n) is 8.38. The van der Waals surface area contributed by atoms with Crippen molar-refractivity contribution in [2.75, 3.05) is 28.4 Å². The van der Waals surface area contributed by atoms with Crippen molar-refractivity contribution in [1.82, 2.24) is 19.7 Å². The molecule has 8 nitrogen and oxygen atoms in total. The molecule has 0 saturated heterocycles. The maximum absolute atomic E-state index is 14.0. The minimum Gasteiger partial charge on any atom is -0.493 e. The zero-order chi connectivity index (χ0) is 28.4. The monoisotopic (exact) mass is 568 g/mol. The van der Waals surface area contributed by atoms with Crippen molar-refractivity contribution in [1.29, 1.82) is 0 Å². The van der Waals surface area contributed by atoms with Crippen LogP contribution < -0.4 is 18.9 Å². The predicted octanol–water partition coefficient (Wildman–Crippen LogP) is 6.78. The fourth-order valence-corrected chi connectivity index (χ4v) is 4.78. The van der Waals surface area contributed by atoms with Crippen LogP contribution in [-0.4, -0.2) is 48.2 Å². The number of thiophene rings is 1. The Bertz CT molecular complexity index is 1650. The lowest BCUT2D eigenvalue weighted by atomic mass is 10.1. The summed E-state index contributed by atoms with van der Waals surface area (Å²) >= 11 is 1.28. The molecule has 3 aromatic heterocycles. The van der Waals surface area contributed by atoms with Crippen molar-refractivity contribution in [2.24, 2.45) is 0 Å². The van der Waals surface area contributed by atoms with E-state index in [-0.39, 0.29) is 11.6 Å². The molecular formula is C28H23F3N4O4S. The summed E-state index contributed by atoms with van der Waals surface area (Å²) in [7, 11) is 6.05. The van der Waals surface area contributed by atoms with Gasteiger partial charge in [-0.25, -0.2) is 9.97 Å². The maximum atomic E-state index is 14.0. The molecule has 0 unspecified atom stereocenters. The minimum atomic E-state index is -4.70. The standard InChI is InChI=1S/C28H23F3N4O4S/c1-36-21-9-7-16(12-23(21)38-3)18-14-20(17-8-10-22(37-2)24(13-17)39-4)35(34-18)27-32-19(25-6-5-11-40-25)15-26(33-27)28(29,30)31/h5-15H,1-4H3. The van der Waals surface area contributed by atoms with Crippen LogP contribution in [0.4, 0.5) is 13.2 Å².